The fourth-order valence-corrected chi connectivity index (χ4v) is 2.95. The highest BCUT2D eigenvalue weighted by atomic mass is 35.5. The van der Waals surface area contributed by atoms with E-state index in [1.54, 1.807) is 0 Å². The average Bonchev–Trinajstić information content (AvgIpc) is 2.96. The third-order valence-corrected chi connectivity index (χ3v) is 4.27. The summed E-state index contributed by atoms with van der Waals surface area (Å²) in [5.74, 6) is 0.545. The number of rotatable bonds is 4. The van der Waals surface area contributed by atoms with E-state index in [4.69, 9.17) is 0 Å². The van der Waals surface area contributed by atoms with Gasteiger partial charge in [0.25, 0.3) is 5.91 Å². The first-order valence-electron chi connectivity index (χ1n) is 8.07. The molecule has 0 aromatic carbocycles. The lowest BCUT2D eigenvalue weighted by atomic mass is 10.1. The zero-order valence-corrected chi connectivity index (χ0v) is 14.5. The zero-order chi connectivity index (χ0) is 15.0. The quantitative estimate of drug-likeness (QED) is 0.893. The van der Waals surface area contributed by atoms with Gasteiger partial charge in [-0.3, -0.25) is 9.48 Å². The minimum absolute atomic E-state index is 0. The van der Waals surface area contributed by atoms with Gasteiger partial charge in [0.15, 0.2) is 0 Å². The molecule has 1 saturated carbocycles. The van der Waals surface area contributed by atoms with Gasteiger partial charge in [-0.1, -0.05) is 0 Å². The first kappa shape index (κ1) is 17.3. The lowest BCUT2D eigenvalue weighted by Crippen LogP contribution is -2.37. The highest BCUT2D eigenvalue weighted by Crippen LogP contribution is 2.41. The smallest absolute Gasteiger partial charge is 0.271 e. The van der Waals surface area contributed by atoms with Gasteiger partial charge in [-0.2, -0.15) is 5.10 Å². The number of carbonyl (C=O) groups is 1. The predicted octanol–water partition coefficient (Wildman–Crippen LogP) is 2.42. The van der Waals surface area contributed by atoms with Crippen LogP contribution in [0.3, 0.4) is 0 Å². The summed E-state index contributed by atoms with van der Waals surface area (Å²) < 4.78 is 2.04. The van der Waals surface area contributed by atoms with Crippen molar-refractivity contribution in [1.82, 2.24) is 20.4 Å². The van der Waals surface area contributed by atoms with Crippen LogP contribution in [0, 0.1) is 0 Å². The summed E-state index contributed by atoms with van der Waals surface area (Å²) in [7, 11) is 0. The highest BCUT2D eigenvalue weighted by Gasteiger charge is 2.32. The van der Waals surface area contributed by atoms with Crippen LogP contribution in [0.1, 0.15) is 68.6 Å². The van der Waals surface area contributed by atoms with E-state index in [1.165, 1.54) is 25.0 Å². The zero-order valence-electron chi connectivity index (χ0n) is 13.7. The number of carbonyl (C=O) groups excluding carboxylic acids is 1. The van der Waals surface area contributed by atoms with Gasteiger partial charge in [-0.25, -0.2) is 0 Å². The van der Waals surface area contributed by atoms with Gasteiger partial charge in [0.1, 0.15) is 5.69 Å². The topological polar surface area (TPSA) is 59.0 Å². The molecule has 1 unspecified atom stereocenters. The number of amides is 1. The van der Waals surface area contributed by atoms with Crippen molar-refractivity contribution in [2.75, 3.05) is 13.1 Å². The van der Waals surface area contributed by atoms with E-state index in [2.05, 4.69) is 36.5 Å². The molecule has 1 amide bonds. The Morgan fingerprint density at radius 3 is 2.68 bits per heavy atom. The summed E-state index contributed by atoms with van der Waals surface area (Å²) in [6.45, 7) is 8.16. The molecule has 3 rings (SSSR count). The van der Waals surface area contributed by atoms with Crippen LogP contribution in [0.15, 0.2) is 6.07 Å². The number of aromatic nitrogens is 2. The van der Waals surface area contributed by atoms with Crippen LogP contribution < -0.4 is 10.6 Å². The summed E-state index contributed by atoms with van der Waals surface area (Å²) in [6, 6.07) is 2.40. The number of nitrogens with one attached hydrogen (secondary N) is 2. The van der Waals surface area contributed by atoms with Crippen LogP contribution in [-0.4, -0.2) is 34.8 Å². The molecule has 5 nitrogen and oxygen atoms in total. The van der Waals surface area contributed by atoms with Gasteiger partial charge < -0.3 is 10.6 Å². The Kier molecular flexibility index (Phi) is 5.17. The van der Waals surface area contributed by atoms with Gasteiger partial charge in [-0.15, -0.1) is 12.4 Å². The first-order chi connectivity index (χ1) is 9.95. The minimum atomic E-state index is -0.0799. The molecule has 2 fully saturated rings. The minimum Gasteiger partial charge on any atom is -0.349 e. The lowest BCUT2D eigenvalue weighted by Gasteiger charge is -2.22. The monoisotopic (exact) mass is 326 g/mol. The van der Waals surface area contributed by atoms with Crippen molar-refractivity contribution >= 4 is 18.3 Å². The molecule has 2 heterocycles. The van der Waals surface area contributed by atoms with Crippen LogP contribution in [0.25, 0.3) is 0 Å². The second-order valence-electron chi connectivity index (χ2n) is 7.31. The van der Waals surface area contributed by atoms with Crippen molar-refractivity contribution in [3.8, 4) is 0 Å². The number of hydrogen-bond donors (Lipinski definition) is 2. The molecule has 0 radical (unpaired) electrons. The molecule has 1 atom stereocenters. The third-order valence-electron chi connectivity index (χ3n) is 4.27. The SMILES string of the molecule is CC(C)(C)n1nc(C(=O)NCC2CCCN2)cc1C1CC1.Cl. The average molecular weight is 327 g/mol. The predicted molar refractivity (Wildman–Crippen MR) is 89.8 cm³/mol. The fraction of sp³-hybridized carbons (Fsp3) is 0.750. The maximum atomic E-state index is 12.3. The van der Waals surface area contributed by atoms with Crippen molar-refractivity contribution in [2.24, 2.45) is 0 Å². The molecular weight excluding hydrogens is 300 g/mol. The van der Waals surface area contributed by atoms with Crippen molar-refractivity contribution < 1.29 is 4.79 Å². The third kappa shape index (κ3) is 3.82. The molecule has 0 spiro atoms. The van der Waals surface area contributed by atoms with Gasteiger partial charge >= 0.3 is 0 Å². The number of nitrogens with zero attached hydrogens (tertiary/aromatic N) is 2. The van der Waals surface area contributed by atoms with Gasteiger partial charge in [0.2, 0.25) is 0 Å². The molecule has 1 aliphatic carbocycles. The summed E-state index contributed by atoms with van der Waals surface area (Å²) in [6.07, 6.45) is 4.78. The van der Waals surface area contributed by atoms with Gasteiger partial charge in [0.05, 0.1) is 5.54 Å². The van der Waals surface area contributed by atoms with Gasteiger partial charge in [-0.05, 0) is 59.1 Å². The molecule has 1 aromatic rings. The first-order valence-corrected chi connectivity index (χ1v) is 8.07. The molecule has 1 aliphatic heterocycles. The molecule has 124 valence electrons. The second kappa shape index (κ2) is 6.59. The Morgan fingerprint density at radius 1 is 1.41 bits per heavy atom. The van der Waals surface area contributed by atoms with Crippen LogP contribution in [0.5, 0.6) is 0 Å². The molecule has 2 aliphatic rings. The number of hydrogen-bond acceptors (Lipinski definition) is 3. The molecule has 6 heteroatoms. The second-order valence-corrected chi connectivity index (χ2v) is 7.31. The Balaban J connectivity index is 0.00000176. The molecule has 1 saturated heterocycles. The summed E-state index contributed by atoms with van der Waals surface area (Å²) in [5.41, 5.74) is 1.69. The summed E-state index contributed by atoms with van der Waals surface area (Å²) in [4.78, 5) is 12.3. The van der Waals surface area contributed by atoms with Crippen molar-refractivity contribution in [1.29, 1.82) is 0 Å². The van der Waals surface area contributed by atoms with Crippen molar-refractivity contribution in [3.63, 3.8) is 0 Å². The molecule has 2 N–H and O–H groups in total. The maximum absolute atomic E-state index is 12.3. The van der Waals surface area contributed by atoms with E-state index in [-0.39, 0.29) is 23.9 Å². The van der Waals surface area contributed by atoms with E-state index in [9.17, 15) is 4.79 Å². The molecule has 1 aromatic heterocycles. The standard InChI is InChI=1S/C16H26N4O.ClH/c1-16(2,3)20-14(11-6-7-11)9-13(19-20)15(21)18-10-12-5-4-8-17-12;/h9,11-12,17H,4-8,10H2,1-3H3,(H,18,21);1H. The molecular formula is C16H27ClN4O. The van der Waals surface area contributed by atoms with Crippen LogP contribution >= 0.6 is 12.4 Å². The van der Waals surface area contributed by atoms with Crippen LogP contribution in [-0.2, 0) is 5.54 Å². The summed E-state index contributed by atoms with van der Waals surface area (Å²) in [5, 5.41) is 11.0. The largest absolute Gasteiger partial charge is 0.349 e. The van der Waals surface area contributed by atoms with E-state index >= 15 is 0 Å². The van der Waals surface area contributed by atoms with Crippen LogP contribution in [0.4, 0.5) is 0 Å². The van der Waals surface area contributed by atoms with Gasteiger partial charge in [0, 0.05) is 24.2 Å². The Labute approximate surface area is 138 Å². The van der Waals surface area contributed by atoms with Crippen molar-refractivity contribution in [2.45, 2.75) is 64.0 Å². The Hall–Kier alpha value is -1.07. The fourth-order valence-electron chi connectivity index (χ4n) is 2.95. The van der Waals surface area contributed by atoms with E-state index < -0.39 is 0 Å². The lowest BCUT2D eigenvalue weighted by molar-refractivity contribution is 0.0943. The molecule has 22 heavy (non-hydrogen) atoms. The Morgan fingerprint density at radius 2 is 2.14 bits per heavy atom. The van der Waals surface area contributed by atoms with E-state index in [0.717, 1.165) is 13.0 Å². The highest BCUT2D eigenvalue weighted by molar-refractivity contribution is 5.92. The van der Waals surface area contributed by atoms with Crippen molar-refractivity contribution in [3.05, 3.63) is 17.5 Å². The number of halogens is 1. The maximum Gasteiger partial charge on any atom is 0.271 e. The van der Waals surface area contributed by atoms with Crippen LogP contribution in [0.2, 0.25) is 0 Å². The normalized spacial score (nSPS) is 21.5. The molecule has 0 bridgehead atoms. The van der Waals surface area contributed by atoms with E-state index in [1.807, 2.05) is 10.7 Å². The van der Waals surface area contributed by atoms with E-state index in [0.29, 0.717) is 24.2 Å². The summed E-state index contributed by atoms with van der Waals surface area (Å²) >= 11 is 0. The Bertz CT molecular complexity index is 525.